The minimum atomic E-state index is -0.274. The van der Waals surface area contributed by atoms with Crippen LogP contribution in [0.5, 0.6) is 0 Å². The van der Waals surface area contributed by atoms with Gasteiger partial charge in [-0.15, -0.1) is 0 Å². The van der Waals surface area contributed by atoms with Gasteiger partial charge in [0.15, 0.2) is 5.65 Å². The smallest absolute Gasteiger partial charge is 0.255 e. The van der Waals surface area contributed by atoms with Crippen molar-refractivity contribution in [3.63, 3.8) is 0 Å². The number of pyridine rings is 1. The molecular formula is C18H23N5O2. The van der Waals surface area contributed by atoms with Crippen molar-refractivity contribution in [3.05, 3.63) is 24.2 Å². The van der Waals surface area contributed by atoms with Crippen molar-refractivity contribution in [2.75, 3.05) is 13.1 Å². The van der Waals surface area contributed by atoms with Gasteiger partial charge in [-0.05, 0) is 44.1 Å². The van der Waals surface area contributed by atoms with Crippen LogP contribution in [0.4, 0.5) is 0 Å². The summed E-state index contributed by atoms with van der Waals surface area (Å²) in [5.41, 5.74) is 7.46. The molecule has 1 unspecified atom stereocenters. The number of aromatic nitrogens is 3. The number of rotatable bonds is 5. The Kier molecular flexibility index (Phi) is 4.15. The number of hydrogen-bond acceptors (Lipinski definition) is 4. The van der Waals surface area contributed by atoms with Crippen LogP contribution in [0.25, 0.3) is 11.2 Å². The fourth-order valence-corrected chi connectivity index (χ4v) is 3.67. The van der Waals surface area contributed by atoms with Gasteiger partial charge in [0.1, 0.15) is 5.52 Å². The zero-order valence-corrected chi connectivity index (χ0v) is 14.2. The van der Waals surface area contributed by atoms with E-state index < -0.39 is 0 Å². The molecule has 1 saturated heterocycles. The summed E-state index contributed by atoms with van der Waals surface area (Å²) >= 11 is 0. The van der Waals surface area contributed by atoms with E-state index in [0.29, 0.717) is 30.5 Å². The normalized spacial score (nSPS) is 20.8. The second-order valence-electron chi connectivity index (χ2n) is 7.21. The fraction of sp³-hybridized carbons (Fsp3) is 0.556. The molecule has 2 aromatic rings. The zero-order valence-electron chi connectivity index (χ0n) is 14.2. The van der Waals surface area contributed by atoms with Crippen LogP contribution in [-0.2, 0) is 4.79 Å². The molecule has 2 N–H and O–H groups in total. The van der Waals surface area contributed by atoms with Crippen LogP contribution in [0.3, 0.4) is 0 Å². The van der Waals surface area contributed by atoms with E-state index in [0.717, 1.165) is 37.0 Å². The highest BCUT2D eigenvalue weighted by molar-refractivity contribution is 5.96. The molecule has 1 saturated carbocycles. The number of amides is 2. The minimum absolute atomic E-state index is 0.000790. The van der Waals surface area contributed by atoms with Gasteiger partial charge in [0, 0.05) is 31.7 Å². The Labute approximate surface area is 146 Å². The third-order valence-corrected chi connectivity index (χ3v) is 5.21. The van der Waals surface area contributed by atoms with Crippen molar-refractivity contribution < 1.29 is 9.59 Å². The van der Waals surface area contributed by atoms with E-state index in [1.54, 1.807) is 6.20 Å². The molecule has 7 heteroatoms. The van der Waals surface area contributed by atoms with Crippen LogP contribution < -0.4 is 5.73 Å². The summed E-state index contributed by atoms with van der Waals surface area (Å²) in [6, 6.07) is 2.36. The number of carbonyl (C=O) groups is 2. The first kappa shape index (κ1) is 16.1. The number of hydrogen-bond donors (Lipinski definition) is 1. The molecule has 7 nitrogen and oxygen atoms in total. The van der Waals surface area contributed by atoms with E-state index in [9.17, 15) is 9.59 Å². The molecule has 1 aliphatic heterocycles. The number of likely N-dealkylation sites (tertiary alicyclic amines) is 1. The highest BCUT2D eigenvalue weighted by Crippen LogP contribution is 2.36. The molecule has 0 aromatic carbocycles. The van der Waals surface area contributed by atoms with Gasteiger partial charge in [-0.1, -0.05) is 0 Å². The van der Waals surface area contributed by atoms with Crippen molar-refractivity contribution in [1.82, 2.24) is 19.4 Å². The van der Waals surface area contributed by atoms with E-state index >= 15 is 0 Å². The molecule has 3 heterocycles. The average molecular weight is 341 g/mol. The van der Waals surface area contributed by atoms with Crippen LogP contribution in [0.2, 0.25) is 0 Å². The Morgan fingerprint density at radius 3 is 2.84 bits per heavy atom. The fourth-order valence-electron chi connectivity index (χ4n) is 3.67. The van der Waals surface area contributed by atoms with Gasteiger partial charge in [0.25, 0.3) is 5.91 Å². The first-order valence-corrected chi connectivity index (χ1v) is 9.02. The molecule has 2 aliphatic rings. The van der Waals surface area contributed by atoms with E-state index in [2.05, 4.69) is 14.5 Å². The number of piperidine rings is 1. The maximum Gasteiger partial charge on any atom is 0.255 e. The topological polar surface area (TPSA) is 94.1 Å². The number of nitrogens with two attached hydrogens (primary N) is 1. The van der Waals surface area contributed by atoms with Gasteiger partial charge < -0.3 is 15.2 Å². The third-order valence-electron chi connectivity index (χ3n) is 5.21. The molecule has 1 aliphatic carbocycles. The van der Waals surface area contributed by atoms with Crippen molar-refractivity contribution in [2.45, 2.75) is 44.6 Å². The van der Waals surface area contributed by atoms with Crippen LogP contribution in [-0.4, -0.2) is 44.3 Å². The monoisotopic (exact) mass is 341 g/mol. The van der Waals surface area contributed by atoms with Gasteiger partial charge in [-0.2, -0.15) is 0 Å². The SMILES string of the molecule is NC(=O)CCC1CCCN(C(=O)c2cnc3c(c2)ncn3C2CC2)C1. The van der Waals surface area contributed by atoms with Gasteiger partial charge in [0.2, 0.25) is 5.91 Å². The molecule has 132 valence electrons. The number of fused-ring (bicyclic) bond motifs is 1. The van der Waals surface area contributed by atoms with Gasteiger partial charge >= 0.3 is 0 Å². The second-order valence-corrected chi connectivity index (χ2v) is 7.21. The lowest BCUT2D eigenvalue weighted by Gasteiger charge is -2.32. The summed E-state index contributed by atoms with van der Waals surface area (Å²) in [7, 11) is 0. The van der Waals surface area contributed by atoms with Crippen LogP contribution >= 0.6 is 0 Å². The predicted molar refractivity (Wildman–Crippen MR) is 92.9 cm³/mol. The lowest BCUT2D eigenvalue weighted by atomic mass is 9.93. The van der Waals surface area contributed by atoms with E-state index in [1.807, 2.05) is 17.3 Å². The van der Waals surface area contributed by atoms with Crippen molar-refractivity contribution in [2.24, 2.45) is 11.7 Å². The van der Waals surface area contributed by atoms with Crippen LogP contribution in [0, 0.1) is 5.92 Å². The summed E-state index contributed by atoms with van der Waals surface area (Å²) in [5, 5.41) is 0. The van der Waals surface area contributed by atoms with E-state index in [4.69, 9.17) is 5.73 Å². The first-order valence-electron chi connectivity index (χ1n) is 9.02. The molecular weight excluding hydrogens is 318 g/mol. The van der Waals surface area contributed by atoms with E-state index in [-0.39, 0.29) is 11.8 Å². The number of primary amides is 1. The Balaban J connectivity index is 1.48. The Morgan fingerprint density at radius 1 is 1.24 bits per heavy atom. The van der Waals surface area contributed by atoms with Gasteiger partial charge in [0.05, 0.1) is 11.9 Å². The lowest BCUT2D eigenvalue weighted by Crippen LogP contribution is -2.40. The Morgan fingerprint density at radius 2 is 2.08 bits per heavy atom. The van der Waals surface area contributed by atoms with Crippen molar-refractivity contribution in [3.8, 4) is 0 Å². The summed E-state index contributed by atoms with van der Waals surface area (Å²) < 4.78 is 2.10. The lowest BCUT2D eigenvalue weighted by molar-refractivity contribution is -0.118. The minimum Gasteiger partial charge on any atom is -0.370 e. The molecule has 4 rings (SSSR count). The maximum absolute atomic E-state index is 12.8. The molecule has 0 radical (unpaired) electrons. The maximum atomic E-state index is 12.8. The second kappa shape index (κ2) is 6.46. The third kappa shape index (κ3) is 3.36. The Bertz CT molecular complexity index is 811. The molecule has 1 atom stereocenters. The van der Waals surface area contributed by atoms with Crippen molar-refractivity contribution in [1.29, 1.82) is 0 Å². The zero-order chi connectivity index (χ0) is 17.4. The molecule has 2 aromatic heterocycles. The molecule has 2 fully saturated rings. The largest absolute Gasteiger partial charge is 0.370 e. The number of nitrogens with zero attached hydrogens (tertiary/aromatic N) is 4. The highest BCUT2D eigenvalue weighted by Gasteiger charge is 2.27. The predicted octanol–water partition coefficient (Wildman–Crippen LogP) is 1.88. The number of imidazole rings is 1. The highest BCUT2D eigenvalue weighted by atomic mass is 16.2. The summed E-state index contributed by atoms with van der Waals surface area (Å²) in [6.45, 7) is 1.43. The summed E-state index contributed by atoms with van der Waals surface area (Å²) in [5.74, 6) is 0.0689. The summed E-state index contributed by atoms with van der Waals surface area (Å²) in [4.78, 5) is 34.6. The molecule has 2 amide bonds. The quantitative estimate of drug-likeness (QED) is 0.898. The van der Waals surface area contributed by atoms with E-state index in [1.165, 1.54) is 12.8 Å². The standard InChI is InChI=1S/C18H23N5O2/c19-16(24)6-3-12-2-1-7-22(10-12)18(25)13-8-15-17(20-9-13)23(11-21-15)14-4-5-14/h8-9,11-12,14H,1-7,10H2,(H2,19,24). The van der Waals surface area contributed by atoms with Crippen molar-refractivity contribution >= 4 is 23.0 Å². The van der Waals surface area contributed by atoms with Gasteiger partial charge in [-0.25, -0.2) is 9.97 Å². The number of carbonyl (C=O) groups excluding carboxylic acids is 2. The average Bonchev–Trinajstić information content (AvgIpc) is 3.38. The van der Waals surface area contributed by atoms with Crippen LogP contribution in [0.1, 0.15) is 54.9 Å². The molecule has 0 spiro atoms. The molecule has 0 bridgehead atoms. The van der Waals surface area contributed by atoms with Crippen LogP contribution in [0.15, 0.2) is 18.6 Å². The molecule has 25 heavy (non-hydrogen) atoms. The first-order chi connectivity index (χ1) is 12.1. The van der Waals surface area contributed by atoms with Gasteiger partial charge in [-0.3, -0.25) is 9.59 Å². The summed E-state index contributed by atoms with van der Waals surface area (Å²) in [6.07, 6.45) is 8.98. The Hall–Kier alpha value is -2.44.